The number of aldehydes is 1. The fourth-order valence-electron chi connectivity index (χ4n) is 2.40. The second-order valence-electron chi connectivity index (χ2n) is 5.00. The van der Waals surface area contributed by atoms with Crippen molar-refractivity contribution in [3.05, 3.63) is 64.1 Å². The number of aryl methyl sites for hydroxylation is 2. The highest BCUT2D eigenvalue weighted by atomic mass is 16.1. The number of nitrogens with zero attached hydrogens (tertiary/aromatic N) is 2. The Hall–Kier alpha value is -2.75. The molecule has 0 atom stereocenters. The van der Waals surface area contributed by atoms with Crippen molar-refractivity contribution in [1.82, 2.24) is 9.55 Å². The van der Waals surface area contributed by atoms with Crippen molar-refractivity contribution in [2.24, 2.45) is 7.05 Å². The molecule has 4 nitrogen and oxygen atoms in total. The van der Waals surface area contributed by atoms with Crippen LogP contribution in [0.3, 0.4) is 0 Å². The maximum Gasteiger partial charge on any atom is 0.272 e. The second-order valence-corrected chi connectivity index (χ2v) is 5.00. The molecule has 104 valence electrons. The number of carbonyl (C=O) groups is 1. The monoisotopic (exact) mass is 278 g/mol. The van der Waals surface area contributed by atoms with Gasteiger partial charge in [-0.3, -0.25) is 9.59 Å². The van der Waals surface area contributed by atoms with Crippen LogP contribution in [-0.2, 0) is 7.05 Å². The van der Waals surface area contributed by atoms with E-state index in [9.17, 15) is 9.59 Å². The fourth-order valence-corrected chi connectivity index (χ4v) is 2.40. The van der Waals surface area contributed by atoms with E-state index in [1.807, 2.05) is 30.3 Å². The van der Waals surface area contributed by atoms with Gasteiger partial charge in [0, 0.05) is 12.6 Å². The summed E-state index contributed by atoms with van der Waals surface area (Å²) in [5.41, 5.74) is 4.62. The zero-order valence-electron chi connectivity index (χ0n) is 11.8. The highest BCUT2D eigenvalue weighted by Crippen LogP contribution is 2.23. The number of rotatable bonds is 2. The molecule has 0 fully saturated rings. The quantitative estimate of drug-likeness (QED) is 0.677. The Morgan fingerprint density at radius 1 is 1.05 bits per heavy atom. The molecule has 0 aliphatic carbocycles. The standard InChI is InChI=1S/C17H14N2O2/c1-11-17(21)19(2)16-9-14(7-8-15(16)18-11)13-5-3-12(10-20)4-6-13/h3-10H,1-2H3. The normalized spacial score (nSPS) is 10.8. The van der Waals surface area contributed by atoms with Crippen molar-refractivity contribution in [3.63, 3.8) is 0 Å². The lowest BCUT2D eigenvalue weighted by molar-refractivity contribution is 0.112. The molecule has 1 heterocycles. The van der Waals surface area contributed by atoms with E-state index in [2.05, 4.69) is 4.98 Å². The third kappa shape index (κ3) is 2.25. The Labute approximate surface area is 121 Å². The van der Waals surface area contributed by atoms with Gasteiger partial charge >= 0.3 is 0 Å². The Balaban J connectivity index is 2.20. The largest absolute Gasteiger partial charge is 0.308 e. The SMILES string of the molecule is Cc1nc2ccc(-c3ccc(C=O)cc3)cc2n(C)c1=O. The van der Waals surface area contributed by atoms with E-state index >= 15 is 0 Å². The summed E-state index contributed by atoms with van der Waals surface area (Å²) in [4.78, 5) is 27.0. The number of fused-ring (bicyclic) bond motifs is 1. The number of aromatic nitrogens is 2. The summed E-state index contributed by atoms with van der Waals surface area (Å²) < 4.78 is 1.61. The Morgan fingerprint density at radius 2 is 1.71 bits per heavy atom. The van der Waals surface area contributed by atoms with E-state index in [1.54, 1.807) is 30.7 Å². The summed E-state index contributed by atoms with van der Waals surface area (Å²) in [6.45, 7) is 1.72. The average molecular weight is 278 g/mol. The van der Waals surface area contributed by atoms with E-state index in [4.69, 9.17) is 0 Å². The molecule has 0 radical (unpaired) electrons. The molecule has 3 rings (SSSR count). The van der Waals surface area contributed by atoms with Crippen molar-refractivity contribution in [3.8, 4) is 11.1 Å². The van der Waals surface area contributed by atoms with Gasteiger partial charge in [-0.2, -0.15) is 0 Å². The third-order valence-corrected chi connectivity index (χ3v) is 3.62. The van der Waals surface area contributed by atoms with E-state index in [-0.39, 0.29) is 5.56 Å². The van der Waals surface area contributed by atoms with Gasteiger partial charge < -0.3 is 4.57 Å². The molecule has 2 aromatic carbocycles. The van der Waals surface area contributed by atoms with Crippen LogP contribution in [0.4, 0.5) is 0 Å². The van der Waals surface area contributed by atoms with Crippen molar-refractivity contribution in [2.75, 3.05) is 0 Å². The maximum atomic E-state index is 12.0. The molecule has 21 heavy (non-hydrogen) atoms. The molecule has 0 amide bonds. The van der Waals surface area contributed by atoms with Gasteiger partial charge in [-0.15, -0.1) is 0 Å². The van der Waals surface area contributed by atoms with Crippen LogP contribution < -0.4 is 5.56 Å². The van der Waals surface area contributed by atoms with Gasteiger partial charge in [-0.25, -0.2) is 4.98 Å². The minimum atomic E-state index is -0.0871. The van der Waals surface area contributed by atoms with Crippen LogP contribution in [-0.4, -0.2) is 15.8 Å². The topological polar surface area (TPSA) is 52.0 Å². The van der Waals surface area contributed by atoms with E-state index in [0.717, 1.165) is 28.4 Å². The zero-order valence-corrected chi connectivity index (χ0v) is 11.8. The number of carbonyl (C=O) groups excluding carboxylic acids is 1. The molecule has 0 saturated carbocycles. The van der Waals surface area contributed by atoms with Gasteiger partial charge in [-0.1, -0.05) is 30.3 Å². The zero-order chi connectivity index (χ0) is 15.0. The number of benzene rings is 2. The lowest BCUT2D eigenvalue weighted by Gasteiger charge is -2.08. The highest BCUT2D eigenvalue weighted by Gasteiger charge is 2.07. The van der Waals surface area contributed by atoms with Crippen molar-refractivity contribution in [2.45, 2.75) is 6.92 Å². The number of hydrogen-bond acceptors (Lipinski definition) is 3. The summed E-state index contributed by atoms with van der Waals surface area (Å²) in [5.74, 6) is 0. The van der Waals surface area contributed by atoms with E-state index < -0.39 is 0 Å². The van der Waals surface area contributed by atoms with Gasteiger partial charge in [0.1, 0.15) is 12.0 Å². The van der Waals surface area contributed by atoms with Gasteiger partial charge in [-0.05, 0) is 30.2 Å². The van der Waals surface area contributed by atoms with E-state index in [1.165, 1.54) is 0 Å². The van der Waals surface area contributed by atoms with Crippen LogP contribution in [0.15, 0.2) is 47.3 Å². The molecule has 0 bridgehead atoms. The summed E-state index contributed by atoms with van der Waals surface area (Å²) in [7, 11) is 1.75. The maximum absolute atomic E-state index is 12.0. The minimum absolute atomic E-state index is 0.0871. The van der Waals surface area contributed by atoms with Crippen LogP contribution in [0, 0.1) is 6.92 Å². The Morgan fingerprint density at radius 3 is 2.38 bits per heavy atom. The summed E-state index contributed by atoms with van der Waals surface area (Å²) in [5, 5.41) is 0. The molecule has 4 heteroatoms. The molecule has 0 spiro atoms. The fraction of sp³-hybridized carbons (Fsp3) is 0.118. The predicted octanol–water partition coefficient (Wildman–Crippen LogP) is 2.72. The van der Waals surface area contributed by atoms with Crippen LogP contribution in [0.2, 0.25) is 0 Å². The van der Waals surface area contributed by atoms with Gasteiger partial charge in [0.2, 0.25) is 0 Å². The van der Waals surface area contributed by atoms with E-state index in [0.29, 0.717) is 11.3 Å². The molecule has 0 N–H and O–H groups in total. The Kier molecular flexibility index (Phi) is 3.14. The summed E-state index contributed by atoms with van der Waals surface area (Å²) >= 11 is 0. The molecule has 0 saturated heterocycles. The second kappa shape index (κ2) is 4.98. The first-order chi connectivity index (χ1) is 10.1. The Bertz CT molecular complexity index is 893. The molecular formula is C17H14N2O2. The van der Waals surface area contributed by atoms with Gasteiger partial charge in [0.15, 0.2) is 0 Å². The van der Waals surface area contributed by atoms with Crippen molar-refractivity contribution < 1.29 is 4.79 Å². The summed E-state index contributed by atoms with van der Waals surface area (Å²) in [6, 6.07) is 13.2. The average Bonchev–Trinajstić information content (AvgIpc) is 2.53. The predicted molar refractivity (Wildman–Crippen MR) is 82.5 cm³/mol. The van der Waals surface area contributed by atoms with Crippen molar-refractivity contribution in [1.29, 1.82) is 0 Å². The molecule has 1 aromatic heterocycles. The highest BCUT2D eigenvalue weighted by molar-refractivity contribution is 5.83. The van der Waals surface area contributed by atoms with Crippen LogP contribution in [0.25, 0.3) is 22.2 Å². The molecular weight excluding hydrogens is 264 g/mol. The first-order valence-corrected chi connectivity index (χ1v) is 6.63. The third-order valence-electron chi connectivity index (χ3n) is 3.62. The molecule has 3 aromatic rings. The van der Waals surface area contributed by atoms with Crippen molar-refractivity contribution >= 4 is 17.3 Å². The van der Waals surface area contributed by atoms with Crippen LogP contribution in [0.1, 0.15) is 16.1 Å². The molecule has 0 aliphatic heterocycles. The van der Waals surface area contributed by atoms with Gasteiger partial charge in [0.25, 0.3) is 5.56 Å². The first kappa shape index (κ1) is 13.2. The van der Waals surface area contributed by atoms with Gasteiger partial charge in [0.05, 0.1) is 11.0 Å². The molecule has 0 unspecified atom stereocenters. The van der Waals surface area contributed by atoms with Crippen LogP contribution >= 0.6 is 0 Å². The lowest BCUT2D eigenvalue weighted by Crippen LogP contribution is -2.21. The first-order valence-electron chi connectivity index (χ1n) is 6.63. The number of hydrogen-bond donors (Lipinski definition) is 0. The molecule has 0 aliphatic rings. The van der Waals surface area contributed by atoms with Crippen LogP contribution in [0.5, 0.6) is 0 Å². The lowest BCUT2D eigenvalue weighted by atomic mass is 10.0. The summed E-state index contributed by atoms with van der Waals surface area (Å²) in [6.07, 6.45) is 0.820. The minimum Gasteiger partial charge on any atom is -0.308 e. The smallest absolute Gasteiger partial charge is 0.272 e.